The fourth-order valence-electron chi connectivity index (χ4n) is 3.23. The molecule has 2 atom stereocenters. The molecule has 2 nitrogen and oxygen atoms in total. The number of hydrogen-bond acceptors (Lipinski definition) is 2. The molecule has 0 aromatic carbocycles. The van der Waals surface area contributed by atoms with Crippen molar-refractivity contribution in [1.29, 1.82) is 0 Å². The predicted octanol–water partition coefficient (Wildman–Crippen LogP) is 1.72. The van der Waals surface area contributed by atoms with Crippen molar-refractivity contribution in [1.82, 2.24) is 10.2 Å². The Morgan fingerprint density at radius 3 is 3.00 bits per heavy atom. The Hall–Kier alpha value is -0.0800. The standard InChI is InChI=1S/C12H24N2/c1-3-14-8-4-6-12(2,10-14)11-5-7-13-9-11/h11,13H,3-10H2,1-2H3. The minimum atomic E-state index is 0.595. The molecule has 0 radical (unpaired) electrons. The molecule has 0 spiro atoms. The second-order valence-corrected chi connectivity index (χ2v) is 5.32. The second-order valence-electron chi connectivity index (χ2n) is 5.32. The molecule has 2 unspecified atom stereocenters. The molecule has 0 aromatic rings. The largest absolute Gasteiger partial charge is 0.316 e. The molecule has 14 heavy (non-hydrogen) atoms. The first-order chi connectivity index (χ1) is 6.74. The second kappa shape index (κ2) is 4.19. The Balaban J connectivity index is 1.98. The summed E-state index contributed by atoms with van der Waals surface area (Å²) in [4.78, 5) is 2.63. The van der Waals surface area contributed by atoms with Gasteiger partial charge in [0.05, 0.1) is 0 Å². The molecular formula is C12H24N2. The third-order valence-electron chi connectivity index (χ3n) is 4.30. The zero-order valence-corrected chi connectivity index (χ0v) is 9.68. The van der Waals surface area contributed by atoms with Crippen LogP contribution in [0.5, 0.6) is 0 Å². The van der Waals surface area contributed by atoms with Crippen molar-refractivity contribution in [2.45, 2.75) is 33.1 Å². The summed E-state index contributed by atoms with van der Waals surface area (Å²) in [6, 6.07) is 0. The van der Waals surface area contributed by atoms with Crippen LogP contribution in [0.3, 0.4) is 0 Å². The van der Waals surface area contributed by atoms with Gasteiger partial charge in [-0.05, 0) is 56.8 Å². The minimum absolute atomic E-state index is 0.595. The van der Waals surface area contributed by atoms with E-state index in [-0.39, 0.29) is 0 Å². The van der Waals surface area contributed by atoms with E-state index in [0.29, 0.717) is 5.41 Å². The van der Waals surface area contributed by atoms with Crippen LogP contribution < -0.4 is 5.32 Å². The van der Waals surface area contributed by atoms with Gasteiger partial charge in [-0.1, -0.05) is 13.8 Å². The van der Waals surface area contributed by atoms with Crippen molar-refractivity contribution in [2.24, 2.45) is 11.3 Å². The Morgan fingerprint density at radius 2 is 2.36 bits per heavy atom. The summed E-state index contributed by atoms with van der Waals surface area (Å²) < 4.78 is 0. The lowest BCUT2D eigenvalue weighted by atomic mass is 9.71. The number of hydrogen-bond donors (Lipinski definition) is 1. The summed E-state index contributed by atoms with van der Waals surface area (Å²) in [7, 11) is 0. The first kappa shape index (κ1) is 10.4. The van der Waals surface area contributed by atoms with Crippen LogP contribution in [0.2, 0.25) is 0 Å². The third-order valence-corrected chi connectivity index (χ3v) is 4.30. The van der Waals surface area contributed by atoms with Crippen LogP contribution in [0.15, 0.2) is 0 Å². The highest BCUT2D eigenvalue weighted by molar-refractivity contribution is 4.92. The molecule has 2 aliphatic rings. The van der Waals surface area contributed by atoms with Crippen molar-refractivity contribution in [2.75, 3.05) is 32.7 Å². The molecule has 0 aliphatic carbocycles. The summed E-state index contributed by atoms with van der Waals surface area (Å²) in [5, 5.41) is 3.51. The molecule has 0 aromatic heterocycles. The van der Waals surface area contributed by atoms with E-state index in [9.17, 15) is 0 Å². The van der Waals surface area contributed by atoms with Crippen molar-refractivity contribution in [3.63, 3.8) is 0 Å². The quantitative estimate of drug-likeness (QED) is 0.723. The molecule has 2 saturated heterocycles. The molecule has 2 heterocycles. The highest BCUT2D eigenvalue weighted by Crippen LogP contribution is 2.39. The highest BCUT2D eigenvalue weighted by atomic mass is 15.1. The zero-order valence-electron chi connectivity index (χ0n) is 9.68. The molecule has 2 heteroatoms. The minimum Gasteiger partial charge on any atom is -0.316 e. The monoisotopic (exact) mass is 196 g/mol. The van der Waals surface area contributed by atoms with E-state index in [1.807, 2.05) is 0 Å². The lowest BCUT2D eigenvalue weighted by molar-refractivity contribution is 0.0604. The SMILES string of the molecule is CCN1CCCC(C)(C2CCNC2)C1. The lowest BCUT2D eigenvalue weighted by Gasteiger charge is -2.44. The number of likely N-dealkylation sites (tertiary alicyclic amines) is 1. The first-order valence-electron chi connectivity index (χ1n) is 6.18. The summed E-state index contributed by atoms with van der Waals surface area (Å²) in [5.41, 5.74) is 0.595. The van der Waals surface area contributed by atoms with Crippen molar-refractivity contribution in [3.8, 4) is 0 Å². The Morgan fingerprint density at radius 1 is 1.50 bits per heavy atom. The maximum atomic E-state index is 3.51. The van der Waals surface area contributed by atoms with Crippen LogP contribution in [-0.4, -0.2) is 37.6 Å². The van der Waals surface area contributed by atoms with Gasteiger partial charge in [0.1, 0.15) is 0 Å². The fourth-order valence-corrected chi connectivity index (χ4v) is 3.23. The molecule has 0 bridgehead atoms. The van der Waals surface area contributed by atoms with E-state index in [2.05, 4.69) is 24.1 Å². The Kier molecular flexibility index (Phi) is 3.13. The lowest BCUT2D eigenvalue weighted by Crippen LogP contribution is -2.46. The van der Waals surface area contributed by atoms with Crippen LogP contribution in [0.25, 0.3) is 0 Å². The summed E-state index contributed by atoms with van der Waals surface area (Å²) in [5.74, 6) is 0.928. The molecule has 2 rings (SSSR count). The number of nitrogens with one attached hydrogen (secondary N) is 1. The Labute approximate surface area is 88.1 Å². The van der Waals surface area contributed by atoms with Gasteiger partial charge in [0.2, 0.25) is 0 Å². The van der Waals surface area contributed by atoms with E-state index < -0.39 is 0 Å². The van der Waals surface area contributed by atoms with Gasteiger partial charge < -0.3 is 10.2 Å². The van der Waals surface area contributed by atoms with Crippen molar-refractivity contribution >= 4 is 0 Å². The predicted molar refractivity (Wildman–Crippen MR) is 60.4 cm³/mol. The van der Waals surface area contributed by atoms with E-state index in [4.69, 9.17) is 0 Å². The molecule has 1 N–H and O–H groups in total. The van der Waals surface area contributed by atoms with Crippen LogP contribution in [0.4, 0.5) is 0 Å². The van der Waals surface area contributed by atoms with Gasteiger partial charge >= 0.3 is 0 Å². The van der Waals surface area contributed by atoms with Crippen molar-refractivity contribution < 1.29 is 0 Å². The smallest absolute Gasteiger partial charge is 0.00384 e. The van der Waals surface area contributed by atoms with Crippen LogP contribution in [0, 0.1) is 11.3 Å². The van der Waals surface area contributed by atoms with Gasteiger partial charge in [0.15, 0.2) is 0 Å². The summed E-state index contributed by atoms with van der Waals surface area (Å²) in [6.07, 6.45) is 4.24. The molecule has 0 saturated carbocycles. The van der Waals surface area contributed by atoms with Gasteiger partial charge in [0, 0.05) is 6.54 Å². The van der Waals surface area contributed by atoms with Gasteiger partial charge in [-0.2, -0.15) is 0 Å². The van der Waals surface area contributed by atoms with Crippen LogP contribution in [0.1, 0.15) is 33.1 Å². The highest BCUT2D eigenvalue weighted by Gasteiger charge is 2.38. The molecule has 2 aliphatic heterocycles. The maximum Gasteiger partial charge on any atom is 0.00384 e. The van der Waals surface area contributed by atoms with Crippen LogP contribution in [-0.2, 0) is 0 Å². The summed E-state index contributed by atoms with van der Waals surface area (Å²) >= 11 is 0. The number of nitrogens with zero attached hydrogens (tertiary/aromatic N) is 1. The average molecular weight is 196 g/mol. The normalized spacial score (nSPS) is 40.3. The van der Waals surface area contributed by atoms with Crippen LogP contribution >= 0.6 is 0 Å². The third kappa shape index (κ3) is 1.96. The van der Waals surface area contributed by atoms with Gasteiger partial charge in [-0.15, -0.1) is 0 Å². The summed E-state index contributed by atoms with van der Waals surface area (Å²) in [6.45, 7) is 11.2. The molecular weight excluding hydrogens is 172 g/mol. The van der Waals surface area contributed by atoms with Gasteiger partial charge in [-0.3, -0.25) is 0 Å². The van der Waals surface area contributed by atoms with Gasteiger partial charge in [-0.25, -0.2) is 0 Å². The van der Waals surface area contributed by atoms with Gasteiger partial charge in [0.25, 0.3) is 0 Å². The van der Waals surface area contributed by atoms with Crippen molar-refractivity contribution in [3.05, 3.63) is 0 Å². The maximum absolute atomic E-state index is 3.51. The van der Waals surface area contributed by atoms with E-state index >= 15 is 0 Å². The number of rotatable bonds is 2. The fraction of sp³-hybridized carbons (Fsp3) is 1.00. The number of piperidine rings is 1. The topological polar surface area (TPSA) is 15.3 Å². The van der Waals surface area contributed by atoms with E-state index in [1.165, 1.54) is 52.0 Å². The first-order valence-corrected chi connectivity index (χ1v) is 6.18. The molecule has 2 fully saturated rings. The molecule has 82 valence electrons. The molecule has 0 amide bonds. The Bertz CT molecular complexity index is 187. The van der Waals surface area contributed by atoms with E-state index in [1.54, 1.807) is 0 Å². The zero-order chi connectivity index (χ0) is 10.0. The average Bonchev–Trinajstić information content (AvgIpc) is 2.71. The van der Waals surface area contributed by atoms with E-state index in [0.717, 1.165) is 5.92 Å².